The monoisotopic (exact) mass is 480 g/mol. The van der Waals surface area contributed by atoms with Crippen LogP contribution in [0.4, 0.5) is 0 Å². The molecule has 0 amide bonds. The van der Waals surface area contributed by atoms with E-state index in [1.54, 1.807) is 0 Å². The summed E-state index contributed by atoms with van der Waals surface area (Å²) in [6.07, 6.45) is 35.8. The molecule has 0 saturated heterocycles. The molecule has 0 atom stereocenters. The van der Waals surface area contributed by atoms with Crippen LogP contribution in [-0.2, 0) is 0 Å². The zero-order valence-electron chi connectivity index (χ0n) is 25.0. The molecule has 0 rings (SSSR count). The Morgan fingerprint density at radius 1 is 0.353 bits per heavy atom. The van der Waals surface area contributed by atoms with Gasteiger partial charge in [0, 0.05) is 5.54 Å². The quantitative estimate of drug-likeness (QED) is 0.101. The van der Waals surface area contributed by atoms with Crippen LogP contribution in [0.15, 0.2) is 0 Å². The Labute approximate surface area is 218 Å². The van der Waals surface area contributed by atoms with Crippen LogP contribution < -0.4 is 0 Å². The standard InChI is InChI=1S/C33H69N/c1-6-9-12-15-17-19-21-23-25-28-31-34(33(4,5)30-27-14-11-8-3)32-29-26-24-22-20-18-16-13-10-7-2/h6-32H2,1-5H3. The van der Waals surface area contributed by atoms with Crippen molar-refractivity contribution < 1.29 is 0 Å². The summed E-state index contributed by atoms with van der Waals surface area (Å²) in [4.78, 5) is 2.88. The van der Waals surface area contributed by atoms with Gasteiger partial charge in [0.1, 0.15) is 0 Å². The summed E-state index contributed by atoms with van der Waals surface area (Å²) in [7, 11) is 0. The normalized spacial score (nSPS) is 12.2. The Balaban J connectivity index is 4.11. The fraction of sp³-hybridized carbons (Fsp3) is 1.00. The lowest BCUT2D eigenvalue weighted by molar-refractivity contribution is 0.102. The second-order valence-electron chi connectivity index (χ2n) is 12.0. The van der Waals surface area contributed by atoms with Gasteiger partial charge >= 0.3 is 0 Å². The van der Waals surface area contributed by atoms with Crippen molar-refractivity contribution in [2.75, 3.05) is 13.1 Å². The Kier molecular flexibility index (Phi) is 26.0. The molecule has 0 saturated carbocycles. The molecule has 0 radical (unpaired) electrons. The van der Waals surface area contributed by atoms with Gasteiger partial charge in [-0.3, -0.25) is 4.90 Å². The predicted molar refractivity (Wildman–Crippen MR) is 158 cm³/mol. The Bertz CT molecular complexity index is 351. The zero-order chi connectivity index (χ0) is 25.2. The van der Waals surface area contributed by atoms with Crippen LogP contribution in [0.1, 0.15) is 195 Å². The summed E-state index contributed by atoms with van der Waals surface area (Å²) in [6.45, 7) is 14.7. The number of unbranched alkanes of at least 4 members (excludes halogenated alkanes) is 21. The van der Waals surface area contributed by atoms with Crippen molar-refractivity contribution in [3.8, 4) is 0 Å². The van der Waals surface area contributed by atoms with Crippen molar-refractivity contribution in [1.29, 1.82) is 0 Å². The molecule has 0 aromatic rings. The highest BCUT2D eigenvalue weighted by atomic mass is 15.2. The van der Waals surface area contributed by atoms with Gasteiger partial charge in [-0.1, -0.05) is 162 Å². The minimum Gasteiger partial charge on any atom is -0.298 e. The van der Waals surface area contributed by atoms with Crippen LogP contribution in [0.3, 0.4) is 0 Å². The second kappa shape index (κ2) is 26.0. The smallest absolute Gasteiger partial charge is 0.0153 e. The van der Waals surface area contributed by atoms with Crippen LogP contribution in [-0.4, -0.2) is 23.5 Å². The first-order valence-corrected chi connectivity index (χ1v) is 16.3. The average Bonchev–Trinajstić information content (AvgIpc) is 2.82. The number of rotatable bonds is 28. The maximum Gasteiger partial charge on any atom is 0.0153 e. The van der Waals surface area contributed by atoms with E-state index in [-0.39, 0.29) is 0 Å². The third-order valence-corrected chi connectivity index (χ3v) is 8.06. The summed E-state index contributed by atoms with van der Waals surface area (Å²) < 4.78 is 0. The van der Waals surface area contributed by atoms with E-state index in [2.05, 4.69) is 39.5 Å². The summed E-state index contributed by atoms with van der Waals surface area (Å²) in [6, 6.07) is 0. The van der Waals surface area contributed by atoms with Crippen molar-refractivity contribution in [3.05, 3.63) is 0 Å². The van der Waals surface area contributed by atoms with Crippen molar-refractivity contribution in [1.82, 2.24) is 4.90 Å². The van der Waals surface area contributed by atoms with Crippen molar-refractivity contribution in [2.24, 2.45) is 0 Å². The third kappa shape index (κ3) is 22.4. The van der Waals surface area contributed by atoms with Gasteiger partial charge in [-0.15, -0.1) is 0 Å². The first-order valence-electron chi connectivity index (χ1n) is 16.3. The van der Waals surface area contributed by atoms with Gasteiger partial charge in [-0.05, 0) is 46.2 Å². The van der Waals surface area contributed by atoms with Gasteiger partial charge in [0.05, 0.1) is 0 Å². The molecule has 206 valence electrons. The minimum atomic E-state index is 0.381. The molecule has 1 nitrogen and oxygen atoms in total. The van der Waals surface area contributed by atoms with E-state index in [0.29, 0.717) is 5.54 Å². The van der Waals surface area contributed by atoms with Crippen LogP contribution in [0, 0.1) is 0 Å². The van der Waals surface area contributed by atoms with E-state index in [1.165, 1.54) is 174 Å². The van der Waals surface area contributed by atoms with E-state index in [9.17, 15) is 0 Å². The molecule has 0 unspecified atom stereocenters. The molecular formula is C33H69N. The molecule has 0 aliphatic carbocycles. The second-order valence-corrected chi connectivity index (χ2v) is 12.0. The predicted octanol–water partition coefficient (Wildman–Crippen LogP) is 11.9. The lowest BCUT2D eigenvalue weighted by Gasteiger charge is -2.39. The highest BCUT2D eigenvalue weighted by Crippen LogP contribution is 2.24. The van der Waals surface area contributed by atoms with Crippen LogP contribution in [0.2, 0.25) is 0 Å². The summed E-state index contributed by atoms with van der Waals surface area (Å²) in [5, 5.41) is 0. The summed E-state index contributed by atoms with van der Waals surface area (Å²) in [5.74, 6) is 0. The van der Waals surface area contributed by atoms with Gasteiger partial charge in [-0.2, -0.15) is 0 Å². The van der Waals surface area contributed by atoms with E-state index < -0.39 is 0 Å². The molecule has 0 aliphatic heterocycles. The highest BCUT2D eigenvalue weighted by molar-refractivity contribution is 4.81. The van der Waals surface area contributed by atoms with E-state index in [0.717, 1.165) is 0 Å². The Hall–Kier alpha value is -0.0400. The Morgan fingerprint density at radius 2 is 0.618 bits per heavy atom. The topological polar surface area (TPSA) is 3.24 Å². The Morgan fingerprint density at radius 3 is 0.941 bits per heavy atom. The van der Waals surface area contributed by atoms with Crippen molar-refractivity contribution in [2.45, 2.75) is 201 Å². The third-order valence-electron chi connectivity index (χ3n) is 8.06. The maximum absolute atomic E-state index is 2.88. The number of hydrogen-bond acceptors (Lipinski definition) is 1. The largest absolute Gasteiger partial charge is 0.298 e. The SMILES string of the molecule is CCCCCCCCCCCCN(CCCCCCCCCCCC)C(C)(C)CCCCCC. The van der Waals surface area contributed by atoms with Gasteiger partial charge in [0.15, 0.2) is 0 Å². The first-order chi connectivity index (χ1) is 16.6. The maximum atomic E-state index is 2.88. The van der Waals surface area contributed by atoms with Gasteiger partial charge in [0.2, 0.25) is 0 Å². The van der Waals surface area contributed by atoms with E-state index >= 15 is 0 Å². The van der Waals surface area contributed by atoms with E-state index in [1.807, 2.05) is 0 Å². The fourth-order valence-electron chi connectivity index (χ4n) is 5.44. The average molecular weight is 480 g/mol. The van der Waals surface area contributed by atoms with Gasteiger partial charge < -0.3 is 0 Å². The van der Waals surface area contributed by atoms with Crippen LogP contribution in [0.25, 0.3) is 0 Å². The molecule has 0 aliphatic rings. The molecule has 34 heavy (non-hydrogen) atoms. The molecule has 0 N–H and O–H groups in total. The summed E-state index contributed by atoms with van der Waals surface area (Å²) >= 11 is 0. The molecule has 0 heterocycles. The first kappa shape index (κ1) is 34.0. The summed E-state index contributed by atoms with van der Waals surface area (Å²) in [5.41, 5.74) is 0.381. The number of hydrogen-bond donors (Lipinski definition) is 0. The molecular weight excluding hydrogens is 410 g/mol. The fourth-order valence-corrected chi connectivity index (χ4v) is 5.44. The van der Waals surface area contributed by atoms with Gasteiger partial charge in [0.25, 0.3) is 0 Å². The lowest BCUT2D eigenvalue weighted by atomic mass is 9.93. The molecule has 0 aromatic heterocycles. The zero-order valence-corrected chi connectivity index (χ0v) is 25.0. The highest BCUT2D eigenvalue weighted by Gasteiger charge is 2.25. The van der Waals surface area contributed by atoms with E-state index in [4.69, 9.17) is 0 Å². The van der Waals surface area contributed by atoms with Crippen molar-refractivity contribution >= 4 is 0 Å². The van der Waals surface area contributed by atoms with Gasteiger partial charge in [-0.25, -0.2) is 0 Å². The molecule has 0 bridgehead atoms. The lowest BCUT2D eigenvalue weighted by Crippen LogP contribution is -2.45. The number of nitrogens with zero attached hydrogens (tertiary/aromatic N) is 1. The molecule has 1 heteroatoms. The van der Waals surface area contributed by atoms with Crippen molar-refractivity contribution in [3.63, 3.8) is 0 Å². The van der Waals surface area contributed by atoms with Crippen LogP contribution >= 0.6 is 0 Å². The minimum absolute atomic E-state index is 0.381. The molecule has 0 spiro atoms. The molecule has 0 aromatic carbocycles. The molecule has 0 fully saturated rings. The van der Waals surface area contributed by atoms with Crippen LogP contribution in [0.5, 0.6) is 0 Å².